The van der Waals surface area contributed by atoms with Crippen LogP contribution in [0.15, 0.2) is 78.6 Å². The van der Waals surface area contributed by atoms with Gasteiger partial charge in [0.1, 0.15) is 29.4 Å². The van der Waals surface area contributed by atoms with Gasteiger partial charge >= 0.3 is 0 Å². The number of likely N-dealkylation sites (tertiary alicyclic amines) is 1. The van der Waals surface area contributed by atoms with Crippen molar-refractivity contribution in [3.63, 3.8) is 0 Å². The Morgan fingerprint density at radius 3 is 2.38 bits per heavy atom. The van der Waals surface area contributed by atoms with Gasteiger partial charge in [0.2, 0.25) is 23.6 Å². The van der Waals surface area contributed by atoms with E-state index in [1.165, 1.54) is 17.0 Å². The van der Waals surface area contributed by atoms with Crippen molar-refractivity contribution >= 4 is 63.7 Å². The Hall–Kier alpha value is -7.37. The number of piperazine rings is 1. The third-order valence-corrected chi connectivity index (χ3v) is 18.0. The molecule has 0 radical (unpaired) electrons. The number of piperidine rings is 1. The van der Waals surface area contributed by atoms with E-state index in [1.54, 1.807) is 23.7 Å². The number of rotatable bonds is 20. The van der Waals surface area contributed by atoms with Crippen LogP contribution in [0.2, 0.25) is 0 Å². The highest BCUT2D eigenvalue weighted by molar-refractivity contribution is 7.13. The molecule has 5 amide bonds. The number of fused-ring (bicyclic) bond motifs is 2. The van der Waals surface area contributed by atoms with Crippen molar-refractivity contribution in [3.05, 3.63) is 112 Å². The molecule has 4 aliphatic heterocycles. The SMILES string of the molecule is Cc1ncsc1-c1ccc([C@H](C)NC(=O)[C@@H]2C[C@@H](O)CN2C(=O)[C@@H](NC(=O)CCCCCC(=O)N2CCN(CC3(O)CCN(c4ccc(Nc5ccc(-c6cnc7cc(F)ccn67)c6c5C(=O)NC6)nc4CN(C)C)CC3)CC2)C(C)(C)C)cc1. The van der Waals surface area contributed by atoms with Crippen LogP contribution < -0.4 is 26.2 Å². The Balaban J connectivity index is 0.650. The highest BCUT2D eigenvalue weighted by atomic mass is 32.1. The highest BCUT2D eigenvalue weighted by Gasteiger charge is 2.45. The number of hydrogen-bond acceptors (Lipinski definition) is 15. The topological polar surface area (TPSA) is 233 Å². The number of nitrogens with zero attached hydrogens (tertiary/aromatic N) is 9. The molecular weight excluding hydrogens is 1100 g/mol. The minimum absolute atomic E-state index is 0.0131. The summed E-state index contributed by atoms with van der Waals surface area (Å²) in [5, 5.41) is 35.0. The number of β-amino-alcohol motifs (C(OH)–C–C–N with tert-alkyl or cyclic N) is 2. The minimum Gasteiger partial charge on any atom is -0.391 e. The molecule has 452 valence electrons. The van der Waals surface area contributed by atoms with Gasteiger partial charge in [-0.25, -0.2) is 19.3 Å². The molecule has 2 aromatic carbocycles. The van der Waals surface area contributed by atoms with Crippen LogP contribution in [0.3, 0.4) is 0 Å². The second-order valence-electron chi connectivity index (χ2n) is 24.7. The van der Waals surface area contributed by atoms with Gasteiger partial charge < -0.3 is 51.1 Å². The summed E-state index contributed by atoms with van der Waals surface area (Å²) in [5.74, 6) is -0.956. The Morgan fingerprint density at radius 2 is 1.67 bits per heavy atom. The summed E-state index contributed by atoms with van der Waals surface area (Å²) in [4.78, 5) is 92.9. The molecular formula is C63H80FN13O7S. The Labute approximate surface area is 500 Å². The molecule has 0 saturated carbocycles. The van der Waals surface area contributed by atoms with Crippen LogP contribution in [-0.4, -0.2) is 169 Å². The normalized spacial score (nSPS) is 18.8. The second kappa shape index (κ2) is 25.7. The number of nitrogens with one attached hydrogen (secondary N) is 4. The summed E-state index contributed by atoms with van der Waals surface area (Å²) in [7, 11) is 3.99. The molecule has 0 aliphatic carbocycles. The zero-order valence-corrected chi connectivity index (χ0v) is 50.6. The van der Waals surface area contributed by atoms with E-state index >= 15 is 0 Å². The van der Waals surface area contributed by atoms with Crippen molar-refractivity contribution in [2.24, 2.45) is 5.41 Å². The maximum atomic E-state index is 14.2. The van der Waals surface area contributed by atoms with Gasteiger partial charge in [0.25, 0.3) is 5.91 Å². The summed E-state index contributed by atoms with van der Waals surface area (Å²) in [6.45, 7) is 14.6. The zero-order chi connectivity index (χ0) is 60.3. The predicted octanol–water partition coefficient (Wildman–Crippen LogP) is 6.81. The summed E-state index contributed by atoms with van der Waals surface area (Å²) < 4.78 is 15.8. The molecule has 4 aromatic heterocycles. The van der Waals surface area contributed by atoms with Crippen LogP contribution in [0.5, 0.6) is 0 Å². The first-order valence-corrected chi connectivity index (χ1v) is 30.5. The van der Waals surface area contributed by atoms with E-state index < -0.39 is 35.1 Å². The van der Waals surface area contributed by atoms with Gasteiger partial charge in [-0.2, -0.15) is 0 Å². The van der Waals surface area contributed by atoms with Crippen LogP contribution in [0.25, 0.3) is 27.3 Å². The van der Waals surface area contributed by atoms with Gasteiger partial charge in [-0.1, -0.05) is 57.5 Å². The lowest BCUT2D eigenvalue weighted by Gasteiger charge is -2.44. The molecule has 6 aromatic rings. The smallest absolute Gasteiger partial charge is 0.254 e. The van der Waals surface area contributed by atoms with Gasteiger partial charge in [0.05, 0.1) is 68.4 Å². The number of aromatic nitrogens is 4. The predicted molar refractivity (Wildman–Crippen MR) is 326 cm³/mol. The van der Waals surface area contributed by atoms with Crippen molar-refractivity contribution < 1.29 is 38.6 Å². The van der Waals surface area contributed by atoms with Crippen LogP contribution in [0.1, 0.15) is 118 Å². The molecule has 0 spiro atoms. The van der Waals surface area contributed by atoms with Crippen molar-refractivity contribution in [3.8, 4) is 21.7 Å². The molecule has 0 bridgehead atoms. The molecule has 4 aliphatic rings. The number of aryl methyl sites for hydroxylation is 1. The number of aliphatic hydroxyl groups excluding tert-OH is 1. The van der Waals surface area contributed by atoms with E-state index in [2.05, 4.69) is 52.0 Å². The lowest BCUT2D eigenvalue weighted by atomic mass is 9.85. The first-order chi connectivity index (χ1) is 40.6. The van der Waals surface area contributed by atoms with Gasteiger partial charge in [0, 0.05) is 103 Å². The van der Waals surface area contributed by atoms with Crippen molar-refractivity contribution in [2.75, 3.05) is 76.7 Å². The Kier molecular flexibility index (Phi) is 18.4. The van der Waals surface area contributed by atoms with Crippen LogP contribution in [0, 0.1) is 18.2 Å². The average Bonchev–Trinajstić information content (AvgIpc) is 2.13. The van der Waals surface area contributed by atoms with Gasteiger partial charge in [-0.3, -0.25) is 33.3 Å². The number of aliphatic hydroxyl groups is 2. The number of thiazole rings is 1. The summed E-state index contributed by atoms with van der Waals surface area (Å²) in [6.07, 6.45) is 6.05. The van der Waals surface area contributed by atoms with Crippen LogP contribution in [0.4, 0.5) is 21.6 Å². The van der Waals surface area contributed by atoms with E-state index in [0.717, 1.165) is 49.9 Å². The Bertz CT molecular complexity index is 3420. The molecule has 8 heterocycles. The molecule has 3 fully saturated rings. The maximum Gasteiger partial charge on any atom is 0.254 e. The number of pyridine rings is 2. The zero-order valence-electron chi connectivity index (χ0n) is 49.8. The highest BCUT2D eigenvalue weighted by Crippen LogP contribution is 2.38. The molecule has 22 heteroatoms. The quantitative estimate of drug-likeness (QED) is 0.0432. The van der Waals surface area contributed by atoms with Crippen molar-refractivity contribution in [1.82, 2.24) is 54.9 Å². The summed E-state index contributed by atoms with van der Waals surface area (Å²) >= 11 is 1.57. The fourth-order valence-electron chi connectivity index (χ4n) is 12.3. The van der Waals surface area contributed by atoms with E-state index in [0.29, 0.717) is 120 Å². The van der Waals surface area contributed by atoms with Crippen molar-refractivity contribution in [1.29, 1.82) is 0 Å². The third kappa shape index (κ3) is 14.0. The van der Waals surface area contributed by atoms with Gasteiger partial charge in [-0.05, 0) is 100.0 Å². The molecule has 6 N–H and O–H groups in total. The van der Waals surface area contributed by atoms with E-state index in [1.807, 2.05) is 106 Å². The van der Waals surface area contributed by atoms with E-state index in [4.69, 9.17) is 4.98 Å². The summed E-state index contributed by atoms with van der Waals surface area (Å²) in [6, 6.07) is 16.3. The summed E-state index contributed by atoms with van der Waals surface area (Å²) in [5.41, 5.74) is 9.05. The van der Waals surface area contributed by atoms with Gasteiger partial charge in [0.15, 0.2) is 0 Å². The monoisotopic (exact) mass is 1180 g/mol. The lowest BCUT2D eigenvalue weighted by molar-refractivity contribution is -0.144. The number of unbranched alkanes of at least 4 members (excludes halogenated alkanes) is 2. The van der Waals surface area contributed by atoms with Gasteiger partial charge in [-0.15, -0.1) is 11.3 Å². The lowest BCUT2D eigenvalue weighted by Crippen LogP contribution is -2.57. The maximum absolute atomic E-state index is 14.2. The van der Waals surface area contributed by atoms with E-state index in [-0.39, 0.29) is 54.9 Å². The largest absolute Gasteiger partial charge is 0.391 e. The first-order valence-electron chi connectivity index (χ1n) is 29.7. The molecule has 4 atom stereocenters. The number of amides is 5. The third-order valence-electron chi connectivity index (χ3n) is 17.0. The van der Waals surface area contributed by atoms with Crippen molar-refractivity contribution in [2.45, 2.75) is 129 Å². The van der Waals surface area contributed by atoms with Crippen LogP contribution >= 0.6 is 11.3 Å². The average molecular weight is 1180 g/mol. The standard InChI is InChI=1S/C63H80FN13O7S/c1-39(41-13-15-42(16-14-41)57-40(2)67-38-85-57)68-59(81)50-32-44(78)35-77(50)61(83)58(62(3,4)5)71-54(79)11-9-8-10-12-55(80)75-29-27-73(28-30-75)37-63(84)22-25-74(26-23-63)49-19-20-52(70-48(49)36-72(6)7)69-47-18-17-45(46-33-66-60(82)56(46)47)51-34-65-53-31-43(64)21-24-76(51)53/h13-21,24,31,34,38-39,44,50,58,78,84H,8-12,22-23,25-30,32-33,35-37H2,1-7H3,(H,66,82)(H,68,81)(H,69,70)(H,71,79)/t39-,44+,50-,58+/m0/s1. The molecule has 85 heavy (non-hydrogen) atoms. The molecule has 10 rings (SSSR count). The molecule has 0 unspecified atom stereocenters. The van der Waals surface area contributed by atoms with Crippen LogP contribution in [-0.2, 0) is 32.3 Å². The molecule has 20 nitrogen and oxygen atoms in total. The number of carbonyl (C=O) groups excluding carboxylic acids is 5. The van der Waals surface area contributed by atoms with E-state index in [9.17, 15) is 38.6 Å². The minimum atomic E-state index is -0.929. The first kappa shape index (κ1) is 60.7. The number of anilines is 3. The number of benzene rings is 2. The number of hydrogen-bond donors (Lipinski definition) is 6. The number of halogens is 1. The second-order valence-corrected chi connectivity index (χ2v) is 25.6. The fourth-order valence-corrected chi connectivity index (χ4v) is 13.1. The fraction of sp³-hybridized carbons (Fsp3) is 0.492. The number of imidazole rings is 1. The Morgan fingerprint density at radius 1 is 0.929 bits per heavy atom. The molecule has 3 saturated heterocycles. The number of carbonyl (C=O) groups is 5.